The third-order valence-corrected chi connectivity index (χ3v) is 6.04. The molecule has 2 aromatic carbocycles. The Morgan fingerprint density at radius 1 is 0.966 bits per heavy atom. The number of carbonyl (C=O) groups is 3. The van der Waals surface area contributed by atoms with Crippen LogP contribution < -0.4 is 0 Å². The average Bonchev–Trinajstić information content (AvgIpc) is 2.72. The minimum atomic E-state index is -1.000. The van der Waals surface area contributed by atoms with Crippen LogP contribution in [0.5, 0.6) is 0 Å². The molecule has 2 heterocycles. The maximum absolute atomic E-state index is 13.3. The first-order chi connectivity index (χ1) is 14.0. The summed E-state index contributed by atoms with van der Waals surface area (Å²) >= 11 is 0. The van der Waals surface area contributed by atoms with Crippen molar-refractivity contribution in [3.8, 4) is 0 Å². The van der Waals surface area contributed by atoms with Gasteiger partial charge in [0.25, 0.3) is 0 Å². The fourth-order valence-corrected chi connectivity index (χ4v) is 4.54. The van der Waals surface area contributed by atoms with Crippen LogP contribution in [0, 0.1) is 0 Å². The Balaban J connectivity index is 1.63. The third-order valence-electron chi connectivity index (χ3n) is 6.04. The van der Waals surface area contributed by atoms with Crippen LogP contribution in [-0.2, 0) is 33.8 Å². The highest BCUT2D eigenvalue weighted by Gasteiger charge is 2.37. The number of carbonyl (C=O) groups excluding carboxylic acids is 2. The van der Waals surface area contributed by atoms with E-state index < -0.39 is 12.0 Å². The van der Waals surface area contributed by atoms with Gasteiger partial charge in [-0.2, -0.15) is 0 Å². The van der Waals surface area contributed by atoms with E-state index in [1.807, 2.05) is 48.5 Å². The van der Waals surface area contributed by atoms with Gasteiger partial charge in [0.05, 0.1) is 12.5 Å². The fourth-order valence-electron chi connectivity index (χ4n) is 4.54. The number of rotatable bonds is 3. The Kier molecular flexibility index (Phi) is 5.09. The fraction of sp³-hybridized carbons (Fsp3) is 0.348. The van der Waals surface area contributed by atoms with Crippen LogP contribution in [0.25, 0.3) is 0 Å². The van der Waals surface area contributed by atoms with Gasteiger partial charge in [-0.3, -0.25) is 9.59 Å². The van der Waals surface area contributed by atoms with Crippen LogP contribution in [0.15, 0.2) is 48.5 Å². The molecule has 2 aromatic rings. The molecule has 0 bridgehead atoms. The summed E-state index contributed by atoms with van der Waals surface area (Å²) in [6.07, 6.45) is 1.15. The number of carboxylic acids is 1. The molecule has 0 radical (unpaired) electrons. The summed E-state index contributed by atoms with van der Waals surface area (Å²) in [5, 5.41) is 9.73. The van der Waals surface area contributed by atoms with E-state index in [1.165, 1.54) is 11.8 Å². The Hall–Kier alpha value is -3.15. The second-order valence-electron chi connectivity index (χ2n) is 7.73. The van der Waals surface area contributed by atoms with Crippen LogP contribution in [0.2, 0.25) is 0 Å². The van der Waals surface area contributed by atoms with Crippen molar-refractivity contribution in [1.82, 2.24) is 9.80 Å². The molecule has 2 atom stereocenters. The quantitative estimate of drug-likeness (QED) is 0.871. The highest BCUT2D eigenvalue weighted by molar-refractivity contribution is 5.85. The van der Waals surface area contributed by atoms with E-state index in [4.69, 9.17) is 0 Å². The van der Waals surface area contributed by atoms with Crippen LogP contribution in [-0.4, -0.2) is 45.3 Å². The van der Waals surface area contributed by atoms with Gasteiger partial charge in [0.15, 0.2) is 0 Å². The Labute approximate surface area is 169 Å². The second kappa shape index (κ2) is 7.70. The number of nitrogens with zero attached hydrogens (tertiary/aromatic N) is 2. The molecule has 6 heteroatoms. The lowest BCUT2D eigenvalue weighted by Gasteiger charge is -2.39. The molecule has 29 heavy (non-hydrogen) atoms. The van der Waals surface area contributed by atoms with Crippen molar-refractivity contribution >= 4 is 17.8 Å². The number of benzene rings is 2. The first-order valence-electron chi connectivity index (χ1n) is 9.89. The maximum atomic E-state index is 13.3. The number of hydrogen-bond donors (Lipinski definition) is 1. The van der Waals surface area contributed by atoms with Gasteiger partial charge >= 0.3 is 5.97 Å². The van der Waals surface area contributed by atoms with Gasteiger partial charge in [0, 0.05) is 26.4 Å². The first kappa shape index (κ1) is 19.2. The summed E-state index contributed by atoms with van der Waals surface area (Å²) in [7, 11) is 0. The SMILES string of the molecule is CC(=O)N1CCc2ccccc2C1CC(=O)N1Cc2ccccc2CC1C(=O)O. The summed E-state index contributed by atoms with van der Waals surface area (Å²) in [5.74, 6) is -1.31. The molecule has 6 nitrogen and oxygen atoms in total. The normalized spacial score (nSPS) is 20.6. The molecule has 2 unspecified atom stereocenters. The minimum absolute atomic E-state index is 0.0731. The van der Waals surface area contributed by atoms with Gasteiger partial charge in [-0.25, -0.2) is 4.79 Å². The van der Waals surface area contributed by atoms with Crippen LogP contribution in [0.1, 0.15) is 41.6 Å². The molecule has 2 amide bonds. The predicted octanol–water partition coefficient (Wildman–Crippen LogP) is 2.56. The largest absolute Gasteiger partial charge is 0.480 e. The molecule has 1 N–H and O–H groups in total. The van der Waals surface area contributed by atoms with E-state index in [0.29, 0.717) is 13.0 Å². The van der Waals surface area contributed by atoms with Gasteiger partial charge in [-0.15, -0.1) is 0 Å². The molecular formula is C23H24N2O4. The topological polar surface area (TPSA) is 77.9 Å². The van der Waals surface area contributed by atoms with Crippen molar-refractivity contribution in [2.24, 2.45) is 0 Å². The number of fused-ring (bicyclic) bond motifs is 2. The van der Waals surface area contributed by atoms with Gasteiger partial charge < -0.3 is 14.9 Å². The zero-order chi connectivity index (χ0) is 20.5. The highest BCUT2D eigenvalue weighted by atomic mass is 16.4. The Morgan fingerprint density at radius 2 is 1.62 bits per heavy atom. The minimum Gasteiger partial charge on any atom is -0.480 e. The van der Waals surface area contributed by atoms with E-state index in [0.717, 1.165) is 28.7 Å². The molecular weight excluding hydrogens is 368 g/mol. The average molecular weight is 392 g/mol. The van der Waals surface area contributed by atoms with Crippen molar-refractivity contribution in [1.29, 1.82) is 0 Å². The van der Waals surface area contributed by atoms with Gasteiger partial charge in [0.1, 0.15) is 6.04 Å². The van der Waals surface area contributed by atoms with E-state index in [2.05, 4.69) is 0 Å². The molecule has 0 aliphatic carbocycles. The summed E-state index contributed by atoms with van der Waals surface area (Å²) in [5.41, 5.74) is 4.07. The summed E-state index contributed by atoms with van der Waals surface area (Å²) in [6, 6.07) is 14.3. The molecule has 4 rings (SSSR count). The second-order valence-corrected chi connectivity index (χ2v) is 7.73. The van der Waals surface area contributed by atoms with Gasteiger partial charge in [-0.05, 0) is 28.7 Å². The monoisotopic (exact) mass is 392 g/mol. The standard InChI is InChI=1S/C23H24N2O4/c1-15(26)24-11-10-16-6-4-5-9-19(16)20(24)13-22(27)25-14-18-8-3-2-7-17(18)12-21(25)23(28)29/h2-9,20-21H,10-14H2,1H3,(H,28,29). The van der Waals surface area contributed by atoms with Crippen molar-refractivity contribution in [3.63, 3.8) is 0 Å². The Morgan fingerprint density at radius 3 is 2.31 bits per heavy atom. The van der Waals surface area contributed by atoms with E-state index in [-0.39, 0.29) is 30.8 Å². The van der Waals surface area contributed by atoms with Crippen molar-refractivity contribution in [2.75, 3.05) is 6.54 Å². The van der Waals surface area contributed by atoms with Crippen LogP contribution in [0.3, 0.4) is 0 Å². The highest BCUT2D eigenvalue weighted by Crippen LogP contribution is 2.34. The van der Waals surface area contributed by atoms with E-state index >= 15 is 0 Å². The molecule has 150 valence electrons. The smallest absolute Gasteiger partial charge is 0.326 e. The summed E-state index contributed by atoms with van der Waals surface area (Å²) in [6.45, 7) is 2.36. The lowest BCUT2D eigenvalue weighted by molar-refractivity contribution is -0.152. The van der Waals surface area contributed by atoms with Crippen molar-refractivity contribution in [3.05, 3.63) is 70.8 Å². The number of aliphatic carboxylic acids is 1. The van der Waals surface area contributed by atoms with Crippen molar-refractivity contribution < 1.29 is 19.5 Å². The molecule has 2 aliphatic heterocycles. The third kappa shape index (κ3) is 3.62. The zero-order valence-corrected chi connectivity index (χ0v) is 16.4. The van der Waals surface area contributed by atoms with Crippen molar-refractivity contribution in [2.45, 2.75) is 44.8 Å². The summed E-state index contributed by atoms with van der Waals surface area (Å²) < 4.78 is 0. The van der Waals surface area contributed by atoms with Gasteiger partial charge in [-0.1, -0.05) is 48.5 Å². The number of amides is 2. The molecule has 0 aromatic heterocycles. The lowest BCUT2D eigenvalue weighted by atomic mass is 9.89. The summed E-state index contributed by atoms with van der Waals surface area (Å²) in [4.78, 5) is 40.6. The van der Waals surface area contributed by atoms with E-state index in [9.17, 15) is 19.5 Å². The number of carboxylic acid groups (broad SMARTS) is 1. The molecule has 0 saturated carbocycles. The molecule has 0 spiro atoms. The van der Waals surface area contributed by atoms with Gasteiger partial charge in [0.2, 0.25) is 11.8 Å². The lowest BCUT2D eigenvalue weighted by Crippen LogP contribution is -2.50. The zero-order valence-electron chi connectivity index (χ0n) is 16.4. The molecule has 0 saturated heterocycles. The molecule has 2 aliphatic rings. The number of hydrogen-bond acceptors (Lipinski definition) is 3. The van der Waals surface area contributed by atoms with E-state index in [1.54, 1.807) is 4.90 Å². The maximum Gasteiger partial charge on any atom is 0.326 e. The predicted molar refractivity (Wildman–Crippen MR) is 107 cm³/mol. The Bertz CT molecular complexity index is 971. The molecule has 0 fully saturated rings. The first-order valence-corrected chi connectivity index (χ1v) is 9.89. The van der Waals surface area contributed by atoms with Crippen LogP contribution in [0.4, 0.5) is 0 Å². The van der Waals surface area contributed by atoms with Crippen LogP contribution >= 0.6 is 0 Å².